The third-order valence-electron chi connectivity index (χ3n) is 3.09. The van der Waals surface area contributed by atoms with E-state index in [4.69, 9.17) is 4.42 Å². The molecule has 0 saturated carbocycles. The second-order valence-electron chi connectivity index (χ2n) is 4.55. The number of furan rings is 1. The lowest BCUT2D eigenvalue weighted by molar-refractivity contribution is -0.712. The van der Waals surface area contributed by atoms with E-state index in [0.29, 0.717) is 12.2 Å². The lowest BCUT2D eigenvalue weighted by atomic mass is 10.1. The minimum Gasteiger partial charge on any atom is -0.542 e. The summed E-state index contributed by atoms with van der Waals surface area (Å²) in [6.07, 6.45) is 2.50. The van der Waals surface area contributed by atoms with Gasteiger partial charge >= 0.3 is 0 Å². The van der Waals surface area contributed by atoms with Gasteiger partial charge in [0.2, 0.25) is 0 Å². The van der Waals surface area contributed by atoms with Crippen LogP contribution in [0.1, 0.15) is 34.3 Å². The van der Waals surface area contributed by atoms with Crippen molar-refractivity contribution < 1.29 is 19.6 Å². The second-order valence-corrected chi connectivity index (χ2v) is 4.55. The fraction of sp³-hybridized carbons (Fsp3) is 0.188. The van der Waals surface area contributed by atoms with Crippen molar-refractivity contribution in [2.75, 3.05) is 0 Å². The zero-order valence-corrected chi connectivity index (χ0v) is 11.1. The summed E-state index contributed by atoms with van der Waals surface area (Å²) < 4.78 is 5.31. The Morgan fingerprint density at radius 2 is 2.05 bits per heavy atom. The lowest BCUT2D eigenvalue weighted by Gasteiger charge is -2.11. The van der Waals surface area contributed by atoms with Crippen molar-refractivity contribution in [1.82, 2.24) is 0 Å². The van der Waals surface area contributed by atoms with E-state index in [1.807, 2.05) is 18.2 Å². The molecule has 1 heterocycles. The lowest BCUT2D eigenvalue weighted by Crippen LogP contribution is -2.83. The van der Waals surface area contributed by atoms with Gasteiger partial charge in [-0.2, -0.15) is 0 Å². The number of rotatable bonds is 7. The first-order chi connectivity index (χ1) is 9.70. The van der Waals surface area contributed by atoms with Crippen LogP contribution in [0.4, 0.5) is 0 Å². The maximum absolute atomic E-state index is 10.7. The molecule has 0 spiro atoms. The number of carbonyl (C=O) groups is 1. The van der Waals surface area contributed by atoms with Crippen molar-refractivity contribution in [2.24, 2.45) is 0 Å². The molecule has 0 aliphatic rings. The Balaban J connectivity index is 2.06. The Labute approximate surface area is 117 Å². The maximum atomic E-state index is 10.7. The molecule has 2 aromatic rings. The zero-order chi connectivity index (χ0) is 14.4. The van der Waals surface area contributed by atoms with E-state index in [2.05, 4.69) is 24.0 Å². The van der Waals surface area contributed by atoms with Crippen LogP contribution in [0, 0.1) is 0 Å². The molecule has 20 heavy (non-hydrogen) atoms. The van der Waals surface area contributed by atoms with Crippen LogP contribution in [0.2, 0.25) is 0 Å². The van der Waals surface area contributed by atoms with Crippen molar-refractivity contribution >= 4 is 5.97 Å². The van der Waals surface area contributed by atoms with Gasteiger partial charge in [0.15, 0.2) is 5.76 Å². The Morgan fingerprint density at radius 1 is 1.30 bits per heavy atom. The third kappa shape index (κ3) is 3.59. The number of hydrogen-bond acceptors (Lipinski definition) is 3. The van der Waals surface area contributed by atoms with Crippen LogP contribution in [0.5, 0.6) is 0 Å². The largest absolute Gasteiger partial charge is 0.542 e. The van der Waals surface area contributed by atoms with E-state index in [0.717, 1.165) is 6.54 Å². The summed E-state index contributed by atoms with van der Waals surface area (Å²) >= 11 is 0. The number of benzene rings is 1. The van der Waals surface area contributed by atoms with Crippen LogP contribution in [0.3, 0.4) is 0 Å². The molecule has 0 aliphatic heterocycles. The topological polar surface area (TPSA) is 69.9 Å². The number of carbonyl (C=O) groups excluding carboxylic acids is 1. The first-order valence-corrected chi connectivity index (χ1v) is 6.50. The summed E-state index contributed by atoms with van der Waals surface area (Å²) in [7, 11) is 0. The average molecular weight is 271 g/mol. The van der Waals surface area contributed by atoms with Crippen molar-refractivity contribution in [3.63, 3.8) is 0 Å². The van der Waals surface area contributed by atoms with Gasteiger partial charge < -0.3 is 19.6 Å². The highest BCUT2D eigenvalue weighted by Gasteiger charge is 2.17. The Kier molecular flexibility index (Phi) is 4.74. The molecular formula is C16H17NO3. The van der Waals surface area contributed by atoms with Gasteiger partial charge in [-0.1, -0.05) is 36.4 Å². The van der Waals surface area contributed by atoms with Crippen LogP contribution in [-0.2, 0) is 6.54 Å². The predicted molar refractivity (Wildman–Crippen MR) is 72.7 cm³/mol. The number of carboxylic acids is 1. The fourth-order valence-corrected chi connectivity index (χ4v) is 2.06. The van der Waals surface area contributed by atoms with Gasteiger partial charge in [0.25, 0.3) is 0 Å². The smallest absolute Gasteiger partial charge is 0.162 e. The number of aromatic carboxylic acids is 1. The van der Waals surface area contributed by atoms with Crippen molar-refractivity contribution in [3.8, 4) is 0 Å². The summed E-state index contributed by atoms with van der Waals surface area (Å²) in [5, 5.41) is 12.8. The predicted octanol–water partition coefficient (Wildman–Crippen LogP) is 1.02. The maximum Gasteiger partial charge on any atom is 0.162 e. The molecule has 1 aromatic carbocycles. The van der Waals surface area contributed by atoms with Gasteiger partial charge in [-0.15, -0.1) is 6.58 Å². The highest BCUT2D eigenvalue weighted by molar-refractivity contribution is 5.82. The van der Waals surface area contributed by atoms with E-state index in [-0.39, 0.29) is 11.8 Å². The van der Waals surface area contributed by atoms with Gasteiger partial charge in [-0.25, -0.2) is 0 Å². The van der Waals surface area contributed by atoms with E-state index >= 15 is 0 Å². The number of hydrogen-bond donors (Lipinski definition) is 1. The van der Waals surface area contributed by atoms with Crippen LogP contribution >= 0.6 is 0 Å². The summed E-state index contributed by atoms with van der Waals surface area (Å²) in [6.45, 7) is 4.52. The molecule has 0 unspecified atom stereocenters. The van der Waals surface area contributed by atoms with Crippen LogP contribution in [0.25, 0.3) is 0 Å². The molecule has 104 valence electrons. The van der Waals surface area contributed by atoms with Crippen LogP contribution in [-0.4, -0.2) is 5.97 Å². The van der Waals surface area contributed by atoms with Gasteiger partial charge in [0.1, 0.15) is 24.3 Å². The molecule has 0 amide bonds. The van der Waals surface area contributed by atoms with Crippen LogP contribution < -0.4 is 10.4 Å². The molecule has 0 saturated heterocycles. The fourth-order valence-electron chi connectivity index (χ4n) is 2.06. The van der Waals surface area contributed by atoms with Gasteiger partial charge in [0, 0.05) is 12.0 Å². The number of carboxylic acid groups (broad SMARTS) is 1. The standard InChI is InChI=1S/C16H17NO3/c1-2-6-13(14-9-10-15(20-14)16(18)19)17-11-12-7-4-3-5-8-12/h2-5,7-10,13,17H,1,6,11H2,(H,18,19)/t13-/m0/s1. The normalized spacial score (nSPS) is 12.0. The molecule has 4 heteroatoms. The minimum absolute atomic E-state index is 0.0146. The van der Waals surface area contributed by atoms with E-state index in [1.54, 1.807) is 12.1 Å². The molecule has 4 nitrogen and oxygen atoms in total. The summed E-state index contributed by atoms with van der Waals surface area (Å²) in [5.74, 6) is -0.807. The van der Waals surface area contributed by atoms with Gasteiger partial charge in [0.05, 0.1) is 0 Å². The zero-order valence-electron chi connectivity index (χ0n) is 11.1. The summed E-state index contributed by atoms with van der Waals surface area (Å²) in [4.78, 5) is 10.7. The molecule has 0 radical (unpaired) electrons. The molecule has 2 rings (SSSR count). The minimum atomic E-state index is -1.29. The molecule has 0 fully saturated rings. The quantitative estimate of drug-likeness (QED) is 0.764. The first-order valence-electron chi connectivity index (χ1n) is 6.50. The summed E-state index contributed by atoms with van der Waals surface area (Å²) in [5.41, 5.74) is 1.20. The van der Waals surface area contributed by atoms with E-state index in [9.17, 15) is 9.90 Å². The van der Waals surface area contributed by atoms with Crippen molar-refractivity contribution in [3.05, 3.63) is 72.2 Å². The molecule has 2 N–H and O–H groups in total. The molecule has 1 atom stereocenters. The Bertz CT molecular complexity index is 574. The number of nitrogens with two attached hydrogens (primary N) is 1. The Hall–Kier alpha value is -2.33. The first kappa shape index (κ1) is 14.1. The second kappa shape index (κ2) is 6.73. The average Bonchev–Trinajstić information content (AvgIpc) is 2.94. The van der Waals surface area contributed by atoms with E-state index in [1.165, 1.54) is 11.6 Å². The van der Waals surface area contributed by atoms with Crippen molar-refractivity contribution in [1.29, 1.82) is 0 Å². The highest BCUT2D eigenvalue weighted by Crippen LogP contribution is 2.16. The molecule has 0 bridgehead atoms. The van der Waals surface area contributed by atoms with Gasteiger partial charge in [-0.05, 0) is 12.1 Å². The van der Waals surface area contributed by atoms with Gasteiger partial charge in [-0.3, -0.25) is 0 Å². The molecule has 1 aromatic heterocycles. The SMILES string of the molecule is C=CC[C@H]([NH2+]Cc1ccccc1)c1ccc(C(=O)[O-])o1. The molecular weight excluding hydrogens is 254 g/mol. The highest BCUT2D eigenvalue weighted by atomic mass is 16.4. The molecule has 0 aliphatic carbocycles. The summed E-state index contributed by atoms with van der Waals surface area (Å²) in [6, 6.07) is 13.2. The number of quaternary nitrogens is 1. The van der Waals surface area contributed by atoms with E-state index < -0.39 is 5.97 Å². The monoisotopic (exact) mass is 271 g/mol. The van der Waals surface area contributed by atoms with Crippen molar-refractivity contribution in [2.45, 2.75) is 19.0 Å². The third-order valence-corrected chi connectivity index (χ3v) is 3.09. The Morgan fingerprint density at radius 3 is 2.65 bits per heavy atom. The van der Waals surface area contributed by atoms with Crippen LogP contribution in [0.15, 0.2) is 59.5 Å².